The largest absolute Gasteiger partial charge is 0.493 e. The van der Waals surface area contributed by atoms with Gasteiger partial charge in [-0.15, -0.1) is 0 Å². The molecule has 6 heteroatoms. The third-order valence-electron chi connectivity index (χ3n) is 4.95. The highest BCUT2D eigenvalue weighted by Crippen LogP contribution is 2.31. The number of rotatable bonds is 6. The lowest BCUT2D eigenvalue weighted by atomic mass is 10.0. The Morgan fingerprint density at radius 1 is 1.24 bits per heavy atom. The maximum absolute atomic E-state index is 11.9. The van der Waals surface area contributed by atoms with E-state index in [2.05, 4.69) is 15.6 Å². The number of nitrogens with two attached hydrogens (primary N) is 1. The summed E-state index contributed by atoms with van der Waals surface area (Å²) in [6.45, 7) is 1.68. The smallest absolute Gasteiger partial charge is 0.220 e. The van der Waals surface area contributed by atoms with Crippen molar-refractivity contribution in [2.24, 2.45) is 16.6 Å². The second-order valence-corrected chi connectivity index (χ2v) is 6.84. The Morgan fingerprint density at radius 2 is 2.04 bits per heavy atom. The number of nitrogens with one attached hydrogen (secondary N) is 2. The zero-order valence-electron chi connectivity index (χ0n) is 14.7. The Hall–Kier alpha value is -2.24. The molecule has 1 unspecified atom stereocenters. The minimum Gasteiger partial charge on any atom is -0.493 e. The van der Waals surface area contributed by atoms with Crippen LogP contribution in [0.25, 0.3) is 0 Å². The van der Waals surface area contributed by atoms with Crippen molar-refractivity contribution in [1.29, 1.82) is 0 Å². The highest BCUT2D eigenvalue weighted by molar-refractivity contribution is 5.79. The lowest BCUT2D eigenvalue weighted by Gasteiger charge is -2.26. The number of carbonyl (C=O) groups excluding carboxylic acids is 1. The number of hydrogen-bond acceptors (Lipinski definition) is 3. The summed E-state index contributed by atoms with van der Waals surface area (Å²) in [6, 6.07) is 8.09. The molecule has 1 amide bonds. The predicted octanol–water partition coefficient (Wildman–Crippen LogP) is 2.11. The molecule has 0 spiro atoms. The van der Waals surface area contributed by atoms with E-state index in [0.29, 0.717) is 38.0 Å². The van der Waals surface area contributed by atoms with Gasteiger partial charge >= 0.3 is 0 Å². The summed E-state index contributed by atoms with van der Waals surface area (Å²) in [5.41, 5.74) is 7.10. The van der Waals surface area contributed by atoms with E-state index in [1.165, 1.54) is 25.7 Å². The molecule has 1 fully saturated rings. The van der Waals surface area contributed by atoms with Gasteiger partial charge in [0, 0.05) is 24.9 Å². The maximum Gasteiger partial charge on any atom is 0.220 e. The predicted molar refractivity (Wildman–Crippen MR) is 98.5 cm³/mol. The Balaban J connectivity index is 1.40. The molecule has 0 aromatic heterocycles. The van der Waals surface area contributed by atoms with Gasteiger partial charge in [-0.05, 0) is 24.8 Å². The van der Waals surface area contributed by atoms with Crippen LogP contribution < -0.4 is 21.1 Å². The average Bonchev–Trinajstić information content (AvgIpc) is 3.12. The van der Waals surface area contributed by atoms with Crippen molar-refractivity contribution < 1.29 is 9.53 Å². The summed E-state index contributed by atoms with van der Waals surface area (Å²) in [6.07, 6.45) is 6.41. The Kier molecular flexibility index (Phi) is 6.14. The van der Waals surface area contributed by atoms with Crippen LogP contribution in [0.2, 0.25) is 0 Å². The van der Waals surface area contributed by atoms with Crippen molar-refractivity contribution >= 4 is 11.9 Å². The van der Waals surface area contributed by atoms with Crippen LogP contribution in [0.1, 0.15) is 50.1 Å². The van der Waals surface area contributed by atoms with Gasteiger partial charge in [0.25, 0.3) is 0 Å². The van der Waals surface area contributed by atoms with Gasteiger partial charge in [-0.2, -0.15) is 0 Å². The number of guanidine groups is 1. The number of aliphatic imine (C=N–C) groups is 1. The second kappa shape index (κ2) is 8.74. The van der Waals surface area contributed by atoms with E-state index in [4.69, 9.17) is 10.5 Å². The highest BCUT2D eigenvalue weighted by atomic mass is 16.5. The van der Waals surface area contributed by atoms with E-state index in [1.807, 2.05) is 24.3 Å². The summed E-state index contributed by atoms with van der Waals surface area (Å²) in [5, 5.41) is 6.19. The molecule has 6 nitrogen and oxygen atoms in total. The van der Waals surface area contributed by atoms with Crippen LogP contribution in [0.5, 0.6) is 5.75 Å². The lowest BCUT2D eigenvalue weighted by Crippen LogP contribution is -2.38. The molecule has 1 aromatic carbocycles. The highest BCUT2D eigenvalue weighted by Gasteiger charge is 2.21. The number of fused-ring (bicyclic) bond motifs is 1. The minimum atomic E-state index is 0.116. The van der Waals surface area contributed by atoms with Gasteiger partial charge in [0.1, 0.15) is 5.75 Å². The first-order valence-electron chi connectivity index (χ1n) is 9.27. The van der Waals surface area contributed by atoms with Crippen LogP contribution in [-0.2, 0) is 4.79 Å². The molecule has 2 aliphatic rings. The molecule has 1 aliphatic carbocycles. The third-order valence-corrected chi connectivity index (χ3v) is 4.95. The number of ether oxygens (including phenoxy) is 1. The van der Waals surface area contributed by atoms with Crippen molar-refractivity contribution in [2.75, 3.05) is 19.7 Å². The summed E-state index contributed by atoms with van der Waals surface area (Å²) in [7, 11) is 0. The van der Waals surface area contributed by atoms with Crippen LogP contribution in [0.4, 0.5) is 0 Å². The molecule has 25 heavy (non-hydrogen) atoms. The van der Waals surface area contributed by atoms with Crippen LogP contribution in [0.3, 0.4) is 0 Å². The van der Waals surface area contributed by atoms with Crippen molar-refractivity contribution in [2.45, 2.75) is 44.6 Å². The zero-order valence-corrected chi connectivity index (χ0v) is 14.7. The van der Waals surface area contributed by atoms with E-state index in [1.54, 1.807) is 0 Å². The fourth-order valence-electron chi connectivity index (χ4n) is 3.64. The molecule has 1 aliphatic heterocycles. The standard InChI is InChI=1S/C19H28N4O2/c20-19(22-11-10-21-18(24)13-14-5-1-2-6-14)23-16-9-12-25-17-8-4-3-7-15(16)17/h3-4,7-8,14,16H,1-2,5-6,9-13H2,(H,21,24)(H3,20,22,23). The van der Waals surface area contributed by atoms with Crippen molar-refractivity contribution in [3.8, 4) is 5.75 Å². The molecular weight excluding hydrogens is 316 g/mol. The SMILES string of the molecule is NC(=NCCNC(=O)CC1CCCC1)NC1CCOc2ccccc21. The minimum absolute atomic E-state index is 0.116. The van der Waals surface area contributed by atoms with E-state index in [0.717, 1.165) is 17.7 Å². The third kappa shape index (κ3) is 5.11. The molecule has 136 valence electrons. The van der Waals surface area contributed by atoms with E-state index in [9.17, 15) is 4.79 Å². The van der Waals surface area contributed by atoms with Crippen LogP contribution in [-0.4, -0.2) is 31.6 Å². The number of amides is 1. The van der Waals surface area contributed by atoms with E-state index in [-0.39, 0.29) is 11.9 Å². The molecule has 3 rings (SSSR count). The molecule has 4 N–H and O–H groups in total. The molecule has 1 atom stereocenters. The fraction of sp³-hybridized carbons (Fsp3) is 0.579. The molecule has 0 radical (unpaired) electrons. The molecule has 1 aromatic rings. The summed E-state index contributed by atoms with van der Waals surface area (Å²) in [5.74, 6) is 2.01. The lowest BCUT2D eigenvalue weighted by molar-refractivity contribution is -0.121. The van der Waals surface area contributed by atoms with Gasteiger partial charge in [0.2, 0.25) is 5.91 Å². The fourth-order valence-corrected chi connectivity index (χ4v) is 3.64. The molecule has 1 heterocycles. The first-order valence-corrected chi connectivity index (χ1v) is 9.27. The van der Waals surface area contributed by atoms with Crippen molar-refractivity contribution in [1.82, 2.24) is 10.6 Å². The Bertz CT molecular complexity index is 611. The first-order chi connectivity index (χ1) is 12.2. The average molecular weight is 344 g/mol. The van der Waals surface area contributed by atoms with Gasteiger partial charge in [0.15, 0.2) is 5.96 Å². The Labute approximate surface area is 149 Å². The Morgan fingerprint density at radius 3 is 2.88 bits per heavy atom. The molecule has 0 saturated heterocycles. The summed E-state index contributed by atoms with van der Waals surface area (Å²) >= 11 is 0. The summed E-state index contributed by atoms with van der Waals surface area (Å²) in [4.78, 5) is 16.2. The van der Waals surface area contributed by atoms with Gasteiger partial charge < -0.3 is 21.1 Å². The van der Waals surface area contributed by atoms with Gasteiger partial charge in [-0.1, -0.05) is 31.0 Å². The second-order valence-electron chi connectivity index (χ2n) is 6.84. The number of hydrogen-bond donors (Lipinski definition) is 3. The number of benzene rings is 1. The normalized spacial score (nSPS) is 20.6. The quantitative estimate of drug-likeness (QED) is 0.419. The summed E-state index contributed by atoms with van der Waals surface area (Å²) < 4.78 is 5.65. The van der Waals surface area contributed by atoms with E-state index >= 15 is 0 Å². The monoisotopic (exact) mass is 344 g/mol. The molecule has 0 bridgehead atoms. The molecular formula is C19H28N4O2. The van der Waals surface area contributed by atoms with E-state index < -0.39 is 0 Å². The zero-order chi connectivity index (χ0) is 17.5. The molecule has 1 saturated carbocycles. The first kappa shape index (κ1) is 17.6. The van der Waals surface area contributed by atoms with Crippen LogP contribution in [0, 0.1) is 5.92 Å². The van der Waals surface area contributed by atoms with Crippen molar-refractivity contribution in [3.05, 3.63) is 29.8 Å². The number of nitrogens with zero attached hydrogens (tertiary/aromatic N) is 1. The maximum atomic E-state index is 11.9. The van der Waals surface area contributed by atoms with Crippen LogP contribution >= 0.6 is 0 Å². The van der Waals surface area contributed by atoms with Crippen molar-refractivity contribution in [3.63, 3.8) is 0 Å². The van der Waals surface area contributed by atoms with Gasteiger partial charge in [0.05, 0.1) is 19.2 Å². The van der Waals surface area contributed by atoms with Gasteiger partial charge in [-0.25, -0.2) is 0 Å². The number of carbonyl (C=O) groups is 1. The number of para-hydroxylation sites is 1. The van der Waals surface area contributed by atoms with Gasteiger partial charge in [-0.3, -0.25) is 9.79 Å². The topological polar surface area (TPSA) is 88.7 Å². The van der Waals surface area contributed by atoms with Crippen LogP contribution in [0.15, 0.2) is 29.3 Å².